The van der Waals surface area contributed by atoms with Gasteiger partial charge in [-0.1, -0.05) is 51.0 Å². The lowest BCUT2D eigenvalue weighted by molar-refractivity contribution is 0.438. The standard InChI is InChI=1S/C44H40F2O5/c1-3-5-11-31-29-37(25-27-41(31)48-33-17-21-35(22-18-33)50-43-15-9-7-13-39(43)45)47-38-26-28-42(32(30-38)12-6-4-2)49-34-19-23-36(24-20-34)51-44-16-10-8-14-40(44)46/h7-10,13-30H,3-6,11-12H2,1-2H3. The summed E-state index contributed by atoms with van der Waals surface area (Å²) in [7, 11) is 0. The molecule has 5 nitrogen and oxygen atoms in total. The van der Waals surface area contributed by atoms with Crippen molar-refractivity contribution >= 4 is 0 Å². The number of unbranched alkanes of at least 4 members (excludes halogenated alkanes) is 2. The summed E-state index contributed by atoms with van der Waals surface area (Å²) >= 11 is 0. The van der Waals surface area contributed by atoms with E-state index >= 15 is 0 Å². The van der Waals surface area contributed by atoms with E-state index in [9.17, 15) is 8.78 Å². The summed E-state index contributed by atoms with van der Waals surface area (Å²) in [6.07, 6.45) is 5.73. The van der Waals surface area contributed by atoms with Gasteiger partial charge in [0.2, 0.25) is 0 Å². The Morgan fingerprint density at radius 2 is 0.706 bits per heavy atom. The van der Waals surface area contributed by atoms with Crippen LogP contribution in [0.2, 0.25) is 0 Å². The van der Waals surface area contributed by atoms with Crippen molar-refractivity contribution in [1.29, 1.82) is 0 Å². The highest BCUT2D eigenvalue weighted by Gasteiger charge is 2.13. The van der Waals surface area contributed by atoms with E-state index in [0.717, 1.165) is 61.2 Å². The fourth-order valence-corrected chi connectivity index (χ4v) is 5.41. The van der Waals surface area contributed by atoms with Gasteiger partial charge < -0.3 is 23.7 Å². The SMILES string of the molecule is CCCCc1cc(Oc2ccc(Oc3ccc(Oc4ccccc4F)cc3)c(CCCC)c2)ccc1Oc1ccc(Oc2ccccc2F)cc1. The molecule has 260 valence electrons. The molecule has 0 aliphatic carbocycles. The average Bonchev–Trinajstić information content (AvgIpc) is 3.15. The van der Waals surface area contributed by atoms with Crippen molar-refractivity contribution in [3.63, 3.8) is 0 Å². The minimum Gasteiger partial charge on any atom is -0.457 e. The van der Waals surface area contributed by atoms with E-state index in [1.165, 1.54) is 12.1 Å². The van der Waals surface area contributed by atoms with E-state index in [2.05, 4.69) is 13.8 Å². The van der Waals surface area contributed by atoms with Gasteiger partial charge in [0, 0.05) is 0 Å². The minimum absolute atomic E-state index is 0.169. The molecule has 0 aromatic heterocycles. The molecule has 0 heterocycles. The lowest BCUT2D eigenvalue weighted by Gasteiger charge is -2.16. The highest BCUT2D eigenvalue weighted by atomic mass is 19.1. The molecular formula is C44H40F2O5. The molecule has 6 rings (SSSR count). The predicted molar refractivity (Wildman–Crippen MR) is 196 cm³/mol. The van der Waals surface area contributed by atoms with Crippen molar-refractivity contribution in [1.82, 2.24) is 0 Å². The summed E-state index contributed by atoms with van der Waals surface area (Å²) in [5.41, 5.74) is 2.07. The molecule has 0 aliphatic rings. The third-order valence-electron chi connectivity index (χ3n) is 8.13. The average molecular weight is 687 g/mol. The maximum atomic E-state index is 14.0. The van der Waals surface area contributed by atoms with Gasteiger partial charge in [-0.05, 0) is 146 Å². The molecule has 0 bridgehead atoms. The molecular weight excluding hydrogens is 646 g/mol. The Bertz CT molecular complexity index is 1880. The number of para-hydroxylation sites is 2. The van der Waals surface area contributed by atoms with E-state index in [1.807, 2.05) is 36.4 Å². The normalized spacial score (nSPS) is 10.8. The van der Waals surface area contributed by atoms with Crippen molar-refractivity contribution in [3.05, 3.63) is 156 Å². The summed E-state index contributed by atoms with van der Waals surface area (Å²) in [6.45, 7) is 4.31. The lowest BCUT2D eigenvalue weighted by atomic mass is 10.1. The van der Waals surface area contributed by atoms with Crippen molar-refractivity contribution in [2.24, 2.45) is 0 Å². The first kappa shape index (κ1) is 35.0. The molecule has 6 aromatic rings. The Balaban J connectivity index is 1.14. The van der Waals surface area contributed by atoms with Crippen LogP contribution >= 0.6 is 0 Å². The van der Waals surface area contributed by atoms with Gasteiger partial charge >= 0.3 is 0 Å². The fraction of sp³-hybridized carbons (Fsp3) is 0.182. The summed E-state index contributed by atoms with van der Waals surface area (Å²) in [5.74, 6) is 4.74. The summed E-state index contributed by atoms with van der Waals surface area (Å²) in [6, 6.07) is 38.6. The van der Waals surface area contributed by atoms with Gasteiger partial charge in [0.25, 0.3) is 0 Å². The molecule has 51 heavy (non-hydrogen) atoms. The van der Waals surface area contributed by atoms with Gasteiger partial charge in [-0.25, -0.2) is 8.78 Å². The first-order valence-electron chi connectivity index (χ1n) is 17.3. The zero-order valence-corrected chi connectivity index (χ0v) is 28.7. The highest BCUT2D eigenvalue weighted by Crippen LogP contribution is 2.36. The van der Waals surface area contributed by atoms with Crippen LogP contribution < -0.4 is 23.7 Å². The van der Waals surface area contributed by atoms with Gasteiger partial charge in [-0.15, -0.1) is 0 Å². The van der Waals surface area contributed by atoms with Crippen molar-refractivity contribution in [2.45, 2.75) is 52.4 Å². The predicted octanol–water partition coefficient (Wildman–Crippen LogP) is 13.6. The Labute approximate surface area is 298 Å². The molecule has 0 N–H and O–H groups in total. The van der Waals surface area contributed by atoms with Gasteiger partial charge in [0.15, 0.2) is 23.1 Å². The molecule has 0 saturated carbocycles. The Hall–Kier alpha value is -5.82. The first-order valence-corrected chi connectivity index (χ1v) is 17.3. The second kappa shape index (κ2) is 17.2. The number of ether oxygens (including phenoxy) is 5. The van der Waals surface area contributed by atoms with Gasteiger partial charge in [-0.2, -0.15) is 0 Å². The zero-order chi connectivity index (χ0) is 35.4. The van der Waals surface area contributed by atoms with Crippen LogP contribution in [-0.4, -0.2) is 0 Å². The number of hydrogen-bond donors (Lipinski definition) is 0. The Morgan fingerprint density at radius 1 is 0.373 bits per heavy atom. The van der Waals surface area contributed by atoms with Crippen LogP contribution in [-0.2, 0) is 12.8 Å². The van der Waals surface area contributed by atoms with Crippen LogP contribution in [0.1, 0.15) is 50.7 Å². The Kier molecular flexibility index (Phi) is 11.8. The molecule has 0 spiro atoms. The van der Waals surface area contributed by atoms with Crippen LogP contribution in [0, 0.1) is 11.6 Å². The summed E-state index contributed by atoms with van der Waals surface area (Å²) < 4.78 is 58.4. The topological polar surface area (TPSA) is 46.2 Å². The van der Waals surface area contributed by atoms with Crippen LogP contribution in [0.25, 0.3) is 0 Å². The molecule has 6 aromatic carbocycles. The van der Waals surface area contributed by atoms with Crippen LogP contribution in [0.15, 0.2) is 133 Å². The number of rotatable bonds is 16. The largest absolute Gasteiger partial charge is 0.457 e. The molecule has 7 heteroatoms. The first-order chi connectivity index (χ1) is 25.0. The molecule has 0 fully saturated rings. The second-order valence-electron chi connectivity index (χ2n) is 12.1. The third-order valence-corrected chi connectivity index (χ3v) is 8.13. The molecule has 0 saturated heterocycles. The van der Waals surface area contributed by atoms with E-state index in [1.54, 1.807) is 84.9 Å². The maximum Gasteiger partial charge on any atom is 0.165 e. The summed E-state index contributed by atoms with van der Waals surface area (Å²) in [5, 5.41) is 0. The van der Waals surface area contributed by atoms with Gasteiger partial charge in [0.05, 0.1) is 0 Å². The van der Waals surface area contributed by atoms with E-state index in [0.29, 0.717) is 34.5 Å². The number of benzene rings is 6. The molecule has 0 radical (unpaired) electrons. The van der Waals surface area contributed by atoms with Crippen molar-refractivity contribution in [2.75, 3.05) is 0 Å². The second-order valence-corrected chi connectivity index (χ2v) is 12.1. The number of halogens is 2. The van der Waals surface area contributed by atoms with Crippen LogP contribution in [0.4, 0.5) is 8.78 Å². The molecule has 0 amide bonds. The van der Waals surface area contributed by atoms with Crippen LogP contribution in [0.3, 0.4) is 0 Å². The monoisotopic (exact) mass is 686 g/mol. The van der Waals surface area contributed by atoms with Gasteiger partial charge in [0.1, 0.15) is 46.0 Å². The third kappa shape index (κ3) is 9.67. The molecule has 0 unspecified atom stereocenters. The minimum atomic E-state index is -0.418. The van der Waals surface area contributed by atoms with Crippen molar-refractivity contribution < 1.29 is 32.5 Å². The number of hydrogen-bond acceptors (Lipinski definition) is 5. The van der Waals surface area contributed by atoms with E-state index in [-0.39, 0.29) is 11.5 Å². The smallest absolute Gasteiger partial charge is 0.165 e. The van der Waals surface area contributed by atoms with Crippen molar-refractivity contribution in [3.8, 4) is 57.5 Å². The fourth-order valence-electron chi connectivity index (χ4n) is 5.41. The lowest BCUT2D eigenvalue weighted by Crippen LogP contribution is -1.96. The zero-order valence-electron chi connectivity index (χ0n) is 28.7. The molecule has 0 atom stereocenters. The van der Waals surface area contributed by atoms with Gasteiger partial charge in [-0.3, -0.25) is 0 Å². The Morgan fingerprint density at radius 3 is 1.06 bits per heavy atom. The van der Waals surface area contributed by atoms with Crippen LogP contribution in [0.5, 0.6) is 57.5 Å². The summed E-state index contributed by atoms with van der Waals surface area (Å²) in [4.78, 5) is 0. The maximum absolute atomic E-state index is 14.0. The number of aryl methyl sites for hydroxylation is 2. The van der Waals surface area contributed by atoms with E-state index in [4.69, 9.17) is 23.7 Å². The molecule has 0 aliphatic heterocycles. The highest BCUT2D eigenvalue weighted by molar-refractivity contribution is 5.48. The quantitative estimate of drug-likeness (QED) is 0.101. The van der Waals surface area contributed by atoms with E-state index < -0.39 is 11.6 Å².